The molecule has 2 aliphatic heterocycles. The predicted molar refractivity (Wildman–Crippen MR) is 138 cm³/mol. The van der Waals surface area contributed by atoms with Crippen LogP contribution in [-0.2, 0) is 11.4 Å². The molecule has 184 valence electrons. The van der Waals surface area contributed by atoms with Gasteiger partial charge in [0.2, 0.25) is 0 Å². The molecular weight excluding hydrogens is 456 g/mol. The van der Waals surface area contributed by atoms with E-state index in [0.717, 1.165) is 28.8 Å². The summed E-state index contributed by atoms with van der Waals surface area (Å²) < 4.78 is 0. The van der Waals surface area contributed by atoms with Crippen LogP contribution < -0.4 is 10.2 Å². The van der Waals surface area contributed by atoms with Crippen molar-refractivity contribution >= 4 is 23.0 Å². The summed E-state index contributed by atoms with van der Waals surface area (Å²) in [5, 5.41) is 19.1. The summed E-state index contributed by atoms with van der Waals surface area (Å²) in [6.45, 7) is 3.58. The topological polar surface area (TPSA) is 97.1 Å². The molecule has 5 rings (SSSR count). The molecule has 1 N–H and O–H groups in total. The fourth-order valence-electron chi connectivity index (χ4n) is 4.80. The highest BCUT2D eigenvalue weighted by atomic mass is 16.7. The Morgan fingerprint density at radius 3 is 2.50 bits per heavy atom. The molecule has 3 aromatic rings. The third-order valence-corrected chi connectivity index (χ3v) is 6.97. The van der Waals surface area contributed by atoms with Crippen LogP contribution in [0.2, 0.25) is 0 Å². The quantitative estimate of drug-likeness (QED) is 0.392. The Hall–Kier alpha value is -4.20. The molecule has 2 aliphatic rings. The van der Waals surface area contributed by atoms with Crippen molar-refractivity contribution in [2.24, 2.45) is 5.16 Å². The minimum absolute atomic E-state index is 0.0671. The highest BCUT2D eigenvalue weighted by Crippen LogP contribution is 2.39. The molecule has 0 aromatic heterocycles. The summed E-state index contributed by atoms with van der Waals surface area (Å²) >= 11 is 0. The number of nitro groups is 1. The van der Waals surface area contributed by atoms with Crippen molar-refractivity contribution in [3.63, 3.8) is 0 Å². The van der Waals surface area contributed by atoms with Gasteiger partial charge in [-0.25, -0.2) is 0 Å². The molecule has 0 bridgehead atoms. The Morgan fingerprint density at radius 2 is 1.81 bits per heavy atom. The lowest BCUT2D eigenvalue weighted by Crippen LogP contribution is -2.44. The molecule has 0 saturated carbocycles. The number of nitrogens with zero attached hydrogens (tertiary/aromatic N) is 3. The lowest BCUT2D eigenvalue weighted by molar-refractivity contribution is -0.384. The van der Waals surface area contributed by atoms with Crippen LogP contribution in [0.25, 0.3) is 0 Å². The second-order valence-electron chi connectivity index (χ2n) is 9.47. The Balaban J connectivity index is 1.24. The van der Waals surface area contributed by atoms with Crippen LogP contribution in [0.1, 0.15) is 46.3 Å². The molecule has 1 fully saturated rings. The van der Waals surface area contributed by atoms with E-state index in [0.29, 0.717) is 38.2 Å². The highest BCUT2D eigenvalue weighted by molar-refractivity contribution is 6.01. The number of carbonyl (C=O) groups is 1. The first kappa shape index (κ1) is 23.5. The number of anilines is 1. The molecule has 0 atom stereocenters. The van der Waals surface area contributed by atoms with Crippen molar-refractivity contribution < 1.29 is 14.6 Å². The second-order valence-corrected chi connectivity index (χ2v) is 9.47. The van der Waals surface area contributed by atoms with E-state index in [2.05, 4.69) is 10.5 Å². The van der Waals surface area contributed by atoms with Crippen LogP contribution in [-0.4, -0.2) is 35.2 Å². The van der Waals surface area contributed by atoms with Crippen LogP contribution in [0.3, 0.4) is 0 Å². The van der Waals surface area contributed by atoms with Gasteiger partial charge in [0.15, 0.2) is 0 Å². The molecule has 0 unspecified atom stereocenters. The number of nitrogens with one attached hydrogen (secondary N) is 1. The van der Waals surface area contributed by atoms with E-state index in [1.807, 2.05) is 66.4 Å². The molecule has 36 heavy (non-hydrogen) atoms. The third kappa shape index (κ3) is 4.93. The monoisotopic (exact) mass is 484 g/mol. The number of aryl methyl sites for hydroxylation is 1. The van der Waals surface area contributed by atoms with Gasteiger partial charge in [0, 0.05) is 50.5 Å². The van der Waals surface area contributed by atoms with Crippen molar-refractivity contribution in [1.29, 1.82) is 0 Å². The zero-order chi connectivity index (χ0) is 25.1. The zero-order valence-corrected chi connectivity index (χ0v) is 20.1. The second kappa shape index (κ2) is 9.81. The van der Waals surface area contributed by atoms with E-state index in [-0.39, 0.29) is 22.8 Å². The smallest absolute Gasteiger partial charge is 0.293 e. The Morgan fingerprint density at radius 1 is 1.08 bits per heavy atom. The van der Waals surface area contributed by atoms with Crippen LogP contribution in [0.5, 0.6) is 0 Å². The first-order valence-corrected chi connectivity index (χ1v) is 12.1. The van der Waals surface area contributed by atoms with Crippen molar-refractivity contribution in [2.75, 3.05) is 18.0 Å². The molecule has 2 heterocycles. The molecule has 0 radical (unpaired) electrons. The highest BCUT2D eigenvalue weighted by Gasteiger charge is 2.43. The maximum Gasteiger partial charge on any atom is 0.293 e. The molecule has 3 aromatic carbocycles. The van der Waals surface area contributed by atoms with Crippen LogP contribution in [0.15, 0.2) is 78.0 Å². The van der Waals surface area contributed by atoms with Gasteiger partial charge < -0.3 is 15.1 Å². The van der Waals surface area contributed by atoms with E-state index in [9.17, 15) is 14.9 Å². The summed E-state index contributed by atoms with van der Waals surface area (Å²) in [5.41, 5.74) is 4.46. The summed E-state index contributed by atoms with van der Waals surface area (Å²) in [5.74, 6) is -0.340. The lowest BCUT2D eigenvalue weighted by atomic mass is 9.85. The van der Waals surface area contributed by atoms with Crippen molar-refractivity contribution in [3.8, 4) is 0 Å². The average molecular weight is 485 g/mol. The molecule has 1 saturated heterocycles. The third-order valence-electron chi connectivity index (χ3n) is 6.97. The molecule has 1 amide bonds. The molecule has 1 spiro atoms. The average Bonchev–Trinajstić information content (AvgIpc) is 3.32. The number of oxime groups is 1. The number of amides is 1. The maximum absolute atomic E-state index is 12.7. The number of benzene rings is 3. The maximum atomic E-state index is 12.7. The zero-order valence-electron chi connectivity index (χ0n) is 20.1. The molecule has 8 nitrogen and oxygen atoms in total. The summed E-state index contributed by atoms with van der Waals surface area (Å²) in [7, 11) is 0. The Bertz CT molecular complexity index is 1300. The minimum Gasteiger partial charge on any atom is -0.388 e. The first-order valence-electron chi connectivity index (χ1n) is 12.1. The van der Waals surface area contributed by atoms with Gasteiger partial charge >= 0.3 is 0 Å². The lowest BCUT2D eigenvalue weighted by Gasteiger charge is -2.38. The van der Waals surface area contributed by atoms with Gasteiger partial charge in [0.1, 0.15) is 11.3 Å². The van der Waals surface area contributed by atoms with Gasteiger partial charge in [-0.15, -0.1) is 0 Å². The summed E-state index contributed by atoms with van der Waals surface area (Å²) in [6.07, 6.45) is 2.15. The van der Waals surface area contributed by atoms with E-state index in [1.165, 1.54) is 6.07 Å². The largest absolute Gasteiger partial charge is 0.388 e. The number of carbonyl (C=O) groups excluding carboxylic acids is 1. The predicted octanol–water partition coefficient (Wildman–Crippen LogP) is 5.00. The van der Waals surface area contributed by atoms with Gasteiger partial charge in [-0.1, -0.05) is 65.3 Å². The number of rotatable bonds is 6. The van der Waals surface area contributed by atoms with E-state index < -0.39 is 4.92 Å². The first-order chi connectivity index (χ1) is 17.4. The van der Waals surface area contributed by atoms with Crippen LogP contribution in [0.4, 0.5) is 11.4 Å². The number of nitro benzene ring substituents is 1. The van der Waals surface area contributed by atoms with Crippen molar-refractivity contribution in [2.45, 2.75) is 38.3 Å². The number of hydrogen-bond donors (Lipinski definition) is 1. The van der Waals surface area contributed by atoms with Crippen LogP contribution in [0, 0.1) is 17.0 Å². The van der Waals surface area contributed by atoms with Gasteiger partial charge in [0.05, 0.1) is 10.6 Å². The molecule has 0 aliphatic carbocycles. The number of piperidine rings is 1. The van der Waals surface area contributed by atoms with E-state index in [4.69, 9.17) is 4.84 Å². The van der Waals surface area contributed by atoms with E-state index in [1.54, 1.807) is 12.1 Å². The van der Waals surface area contributed by atoms with Gasteiger partial charge in [-0.3, -0.25) is 14.9 Å². The van der Waals surface area contributed by atoms with Gasteiger partial charge in [0.25, 0.3) is 11.6 Å². The van der Waals surface area contributed by atoms with Crippen LogP contribution >= 0.6 is 0 Å². The molecular formula is C28H28N4O4. The normalized spacial score (nSPS) is 16.4. The Labute approximate surface area is 209 Å². The minimum atomic E-state index is -0.418. The van der Waals surface area contributed by atoms with Crippen molar-refractivity contribution in [1.82, 2.24) is 5.32 Å². The van der Waals surface area contributed by atoms with Gasteiger partial charge in [-0.05, 0) is 30.2 Å². The van der Waals surface area contributed by atoms with Gasteiger partial charge in [-0.2, -0.15) is 0 Å². The Kier molecular flexibility index (Phi) is 6.41. The SMILES string of the molecule is Cc1ccc(CNC(=O)c2ccc(N3CCC4(CC3)CC(c3ccccc3)=NO4)c([N+](=O)[O-])c2)cc1. The van der Waals surface area contributed by atoms with Crippen molar-refractivity contribution in [3.05, 3.63) is 105 Å². The molecule has 8 heteroatoms. The fourth-order valence-corrected chi connectivity index (χ4v) is 4.80. The standard InChI is InChI=1S/C28H28N4O4/c1-20-7-9-21(10-8-20)19-29-27(33)23-11-12-25(26(17-23)32(34)35)31-15-13-28(14-16-31)18-24(30-36-28)22-5-3-2-4-6-22/h2-12,17H,13-16,18-19H2,1H3,(H,29,33). The van der Waals surface area contributed by atoms with E-state index >= 15 is 0 Å². The summed E-state index contributed by atoms with van der Waals surface area (Å²) in [4.78, 5) is 32.1. The fraction of sp³-hybridized carbons (Fsp3) is 0.286. The summed E-state index contributed by atoms with van der Waals surface area (Å²) in [6, 6.07) is 22.6. The number of hydrogen-bond acceptors (Lipinski definition) is 6.